The van der Waals surface area contributed by atoms with Crippen molar-refractivity contribution in [3.05, 3.63) is 43.6 Å². The van der Waals surface area contributed by atoms with Crippen LogP contribution in [-0.4, -0.2) is 5.91 Å². The second-order valence-corrected chi connectivity index (χ2v) is 3.85. The highest BCUT2D eigenvalue weighted by atomic mass is 16.5. The quantitative estimate of drug-likeness (QED) is 0.789. The van der Waals surface area contributed by atoms with Crippen molar-refractivity contribution in [2.24, 2.45) is 5.73 Å². The van der Waals surface area contributed by atoms with E-state index in [2.05, 4.69) is 0 Å². The van der Waals surface area contributed by atoms with E-state index in [1.807, 2.05) is 6.92 Å². The van der Waals surface area contributed by atoms with Crippen molar-refractivity contribution < 1.29 is 13.6 Å². The average Bonchev–Trinajstić information content (AvgIpc) is 2.30. The van der Waals surface area contributed by atoms with Gasteiger partial charge in [0.15, 0.2) is 11.2 Å². The van der Waals surface area contributed by atoms with E-state index in [1.165, 1.54) is 6.07 Å². The zero-order chi connectivity index (χ0) is 13.4. The first-order valence-electron chi connectivity index (χ1n) is 5.36. The average molecular weight is 249 g/mol. The lowest BCUT2D eigenvalue weighted by Gasteiger charge is -2.09. The van der Waals surface area contributed by atoms with Crippen LogP contribution in [0.5, 0.6) is 0 Å². The van der Waals surface area contributed by atoms with Gasteiger partial charge in [-0.3, -0.25) is 4.79 Å². The number of carbonyl (C=O) groups is 1. The van der Waals surface area contributed by atoms with Gasteiger partial charge in [-0.15, -0.1) is 0 Å². The molecule has 2 N–H and O–H groups in total. The molecule has 1 aromatic carbocycles. The molecule has 0 spiro atoms. The van der Waals surface area contributed by atoms with Crippen LogP contribution < -0.4 is 17.0 Å². The molecule has 1 amide bonds. The predicted molar refractivity (Wildman–Crippen MR) is 63.7 cm³/mol. The van der Waals surface area contributed by atoms with E-state index in [-0.39, 0.29) is 16.7 Å². The summed E-state index contributed by atoms with van der Waals surface area (Å²) in [4.78, 5) is 33.6. The maximum atomic E-state index is 11.3. The van der Waals surface area contributed by atoms with Crippen molar-refractivity contribution in [2.45, 2.75) is 20.3 Å². The molecule has 18 heavy (non-hydrogen) atoms. The van der Waals surface area contributed by atoms with Gasteiger partial charge in [0.2, 0.25) is 5.91 Å². The molecule has 94 valence electrons. The molecule has 0 fully saturated rings. The highest BCUT2D eigenvalue weighted by molar-refractivity contribution is 5.98. The SMILES string of the molecule is CCc1c(C)c(C(N)=O)cc2oc(=O)c(=O)oc12. The van der Waals surface area contributed by atoms with E-state index in [9.17, 15) is 14.4 Å². The van der Waals surface area contributed by atoms with Crippen LogP contribution in [0.1, 0.15) is 28.4 Å². The molecule has 6 heteroatoms. The maximum absolute atomic E-state index is 11.3. The van der Waals surface area contributed by atoms with Crippen molar-refractivity contribution in [3.63, 3.8) is 0 Å². The van der Waals surface area contributed by atoms with Crippen LogP contribution in [0.25, 0.3) is 11.2 Å². The Morgan fingerprint density at radius 3 is 2.44 bits per heavy atom. The van der Waals surface area contributed by atoms with Gasteiger partial charge in [-0.1, -0.05) is 6.92 Å². The Labute approximate surface area is 101 Å². The number of amides is 1. The zero-order valence-corrected chi connectivity index (χ0v) is 9.90. The lowest BCUT2D eigenvalue weighted by Crippen LogP contribution is -2.22. The minimum Gasteiger partial charge on any atom is -0.414 e. The van der Waals surface area contributed by atoms with Gasteiger partial charge in [-0.05, 0) is 25.0 Å². The van der Waals surface area contributed by atoms with Gasteiger partial charge in [0, 0.05) is 11.1 Å². The summed E-state index contributed by atoms with van der Waals surface area (Å²) in [7, 11) is 0. The van der Waals surface area contributed by atoms with Gasteiger partial charge >= 0.3 is 11.3 Å². The Morgan fingerprint density at radius 2 is 1.89 bits per heavy atom. The zero-order valence-electron chi connectivity index (χ0n) is 9.90. The van der Waals surface area contributed by atoms with Gasteiger partial charge in [0.25, 0.3) is 0 Å². The Kier molecular flexibility index (Phi) is 2.78. The first-order valence-corrected chi connectivity index (χ1v) is 5.36. The van der Waals surface area contributed by atoms with E-state index >= 15 is 0 Å². The molecule has 0 atom stereocenters. The second-order valence-electron chi connectivity index (χ2n) is 3.85. The number of hydrogen-bond acceptors (Lipinski definition) is 5. The molecule has 0 aliphatic carbocycles. The van der Waals surface area contributed by atoms with Crippen molar-refractivity contribution in [1.29, 1.82) is 0 Å². The first kappa shape index (κ1) is 12.1. The van der Waals surface area contributed by atoms with Crippen molar-refractivity contribution in [2.75, 3.05) is 0 Å². The normalized spacial score (nSPS) is 10.8. The van der Waals surface area contributed by atoms with E-state index < -0.39 is 17.2 Å². The maximum Gasteiger partial charge on any atom is 0.423 e. The van der Waals surface area contributed by atoms with Gasteiger partial charge in [-0.25, -0.2) is 9.59 Å². The van der Waals surface area contributed by atoms with Gasteiger partial charge in [0.05, 0.1) is 0 Å². The monoisotopic (exact) mass is 249 g/mol. The third-order valence-electron chi connectivity index (χ3n) is 2.81. The number of rotatable bonds is 2. The molecule has 1 aromatic heterocycles. The number of carbonyl (C=O) groups excluding carboxylic acids is 1. The van der Waals surface area contributed by atoms with E-state index in [1.54, 1.807) is 6.92 Å². The fraction of sp³-hybridized carbons (Fsp3) is 0.250. The summed E-state index contributed by atoms with van der Waals surface area (Å²) in [6.45, 7) is 3.53. The van der Waals surface area contributed by atoms with Crippen molar-refractivity contribution >= 4 is 17.1 Å². The van der Waals surface area contributed by atoms with Gasteiger partial charge in [0.1, 0.15) is 0 Å². The fourth-order valence-corrected chi connectivity index (χ4v) is 1.93. The summed E-state index contributed by atoms with van der Waals surface area (Å²) in [5.41, 5.74) is 4.80. The number of benzene rings is 1. The van der Waals surface area contributed by atoms with Crippen LogP contribution in [0.3, 0.4) is 0 Å². The molecule has 2 aromatic rings. The molecule has 0 aliphatic heterocycles. The largest absolute Gasteiger partial charge is 0.423 e. The summed E-state index contributed by atoms with van der Waals surface area (Å²) >= 11 is 0. The Morgan fingerprint density at radius 1 is 1.28 bits per heavy atom. The highest BCUT2D eigenvalue weighted by Crippen LogP contribution is 2.24. The number of nitrogens with two attached hydrogens (primary N) is 1. The summed E-state index contributed by atoms with van der Waals surface area (Å²) in [6.07, 6.45) is 0.514. The summed E-state index contributed by atoms with van der Waals surface area (Å²) in [5.74, 6) is -0.627. The summed E-state index contributed by atoms with van der Waals surface area (Å²) < 4.78 is 9.73. The third kappa shape index (κ3) is 1.71. The first-order chi connectivity index (χ1) is 8.45. The topological polar surface area (TPSA) is 104 Å². The summed E-state index contributed by atoms with van der Waals surface area (Å²) in [5, 5.41) is 0. The standard InChI is InChI=1S/C12H11NO5/c1-3-6-5(2)7(10(13)14)4-8-9(6)18-12(16)11(15)17-8/h4H,3H2,1-2H3,(H2,13,14). The molecule has 0 unspecified atom stereocenters. The smallest absolute Gasteiger partial charge is 0.414 e. The molecule has 0 saturated heterocycles. The lowest BCUT2D eigenvalue weighted by molar-refractivity contribution is 0.0999. The van der Waals surface area contributed by atoms with Crippen LogP contribution >= 0.6 is 0 Å². The molecule has 0 radical (unpaired) electrons. The third-order valence-corrected chi connectivity index (χ3v) is 2.81. The molecular weight excluding hydrogens is 238 g/mol. The molecule has 6 nitrogen and oxygen atoms in total. The van der Waals surface area contributed by atoms with Gasteiger partial charge < -0.3 is 14.6 Å². The number of fused-ring (bicyclic) bond motifs is 1. The second kappa shape index (κ2) is 4.14. The van der Waals surface area contributed by atoms with Crippen LogP contribution in [0.4, 0.5) is 0 Å². The van der Waals surface area contributed by atoms with Crippen LogP contribution in [0.2, 0.25) is 0 Å². The predicted octanol–water partition coefficient (Wildman–Crippen LogP) is 0.716. The minimum atomic E-state index is -1.11. The van der Waals surface area contributed by atoms with E-state index in [0.717, 1.165) is 0 Å². The van der Waals surface area contributed by atoms with Crippen LogP contribution in [0, 0.1) is 6.92 Å². The molecule has 0 bridgehead atoms. The van der Waals surface area contributed by atoms with Crippen LogP contribution in [0.15, 0.2) is 24.5 Å². The Hall–Kier alpha value is -2.37. The molecule has 1 heterocycles. The number of primary amides is 1. The number of aryl methyl sites for hydroxylation is 1. The highest BCUT2D eigenvalue weighted by Gasteiger charge is 2.17. The van der Waals surface area contributed by atoms with Crippen molar-refractivity contribution in [3.8, 4) is 0 Å². The van der Waals surface area contributed by atoms with E-state index in [0.29, 0.717) is 17.5 Å². The van der Waals surface area contributed by atoms with Crippen molar-refractivity contribution in [1.82, 2.24) is 0 Å². The molecule has 0 saturated carbocycles. The van der Waals surface area contributed by atoms with E-state index in [4.69, 9.17) is 14.6 Å². The van der Waals surface area contributed by atoms with Gasteiger partial charge in [-0.2, -0.15) is 0 Å². The molecule has 2 rings (SSSR count). The minimum absolute atomic E-state index is 0.0517. The molecule has 0 aliphatic rings. The lowest BCUT2D eigenvalue weighted by atomic mass is 9.99. The number of hydrogen-bond donors (Lipinski definition) is 1. The fourth-order valence-electron chi connectivity index (χ4n) is 1.93. The summed E-state index contributed by atoms with van der Waals surface area (Å²) in [6, 6.07) is 1.32. The van der Waals surface area contributed by atoms with Crippen LogP contribution in [-0.2, 0) is 6.42 Å². The molecular formula is C12H11NO5. The Bertz CT molecular complexity index is 753. The Balaban J connectivity index is 3.01.